The van der Waals surface area contributed by atoms with Crippen molar-refractivity contribution < 1.29 is 4.74 Å². The quantitative estimate of drug-likeness (QED) is 0.579. The summed E-state index contributed by atoms with van der Waals surface area (Å²) in [5.74, 6) is 0. The molecule has 10 heavy (non-hydrogen) atoms. The van der Waals surface area contributed by atoms with Crippen molar-refractivity contribution in [2.24, 2.45) is 0 Å². The van der Waals surface area contributed by atoms with Crippen LogP contribution in [-0.2, 0) is 4.74 Å². The Hall–Kier alpha value is -0.0800. The van der Waals surface area contributed by atoms with Crippen molar-refractivity contribution >= 4 is 0 Å². The van der Waals surface area contributed by atoms with Crippen LogP contribution in [0.2, 0.25) is 0 Å². The second-order valence-electron chi connectivity index (χ2n) is 2.86. The van der Waals surface area contributed by atoms with Gasteiger partial charge in [0.25, 0.3) is 0 Å². The van der Waals surface area contributed by atoms with Crippen molar-refractivity contribution in [3.63, 3.8) is 0 Å². The van der Waals surface area contributed by atoms with Gasteiger partial charge in [0.05, 0.1) is 6.61 Å². The lowest BCUT2D eigenvalue weighted by Crippen LogP contribution is -2.31. The number of nitrogens with zero attached hydrogens (tertiary/aromatic N) is 1. The molecule has 2 heteroatoms. The Labute approximate surface area is 64.2 Å². The van der Waals surface area contributed by atoms with E-state index in [0.29, 0.717) is 6.04 Å². The smallest absolute Gasteiger partial charge is 0.0617 e. The SMILES string of the molecule is CCC[C@@H](COC)N(C)C. The second-order valence-corrected chi connectivity index (χ2v) is 2.86. The molecule has 0 saturated heterocycles. The van der Waals surface area contributed by atoms with E-state index in [1.54, 1.807) is 7.11 Å². The molecule has 0 radical (unpaired) electrons. The maximum absolute atomic E-state index is 5.08. The van der Waals surface area contributed by atoms with Crippen LogP contribution in [0, 0.1) is 0 Å². The molecule has 0 aromatic carbocycles. The van der Waals surface area contributed by atoms with Gasteiger partial charge in [0, 0.05) is 13.2 Å². The number of hydrogen-bond acceptors (Lipinski definition) is 2. The predicted molar refractivity (Wildman–Crippen MR) is 44.3 cm³/mol. The summed E-state index contributed by atoms with van der Waals surface area (Å²) in [6.45, 7) is 3.05. The van der Waals surface area contributed by atoms with E-state index in [4.69, 9.17) is 4.74 Å². The molecule has 0 amide bonds. The lowest BCUT2D eigenvalue weighted by atomic mass is 10.2. The zero-order chi connectivity index (χ0) is 7.98. The van der Waals surface area contributed by atoms with E-state index >= 15 is 0 Å². The van der Waals surface area contributed by atoms with Gasteiger partial charge >= 0.3 is 0 Å². The largest absolute Gasteiger partial charge is 0.383 e. The van der Waals surface area contributed by atoms with Crippen LogP contribution in [0.4, 0.5) is 0 Å². The van der Waals surface area contributed by atoms with Gasteiger partial charge in [0.2, 0.25) is 0 Å². The first-order valence-electron chi connectivity index (χ1n) is 3.87. The molecular weight excluding hydrogens is 126 g/mol. The van der Waals surface area contributed by atoms with Crippen molar-refractivity contribution in [2.75, 3.05) is 27.8 Å². The maximum Gasteiger partial charge on any atom is 0.0617 e. The van der Waals surface area contributed by atoms with Crippen molar-refractivity contribution in [3.05, 3.63) is 0 Å². The topological polar surface area (TPSA) is 12.5 Å². The van der Waals surface area contributed by atoms with Gasteiger partial charge in [-0.1, -0.05) is 13.3 Å². The van der Waals surface area contributed by atoms with Gasteiger partial charge in [-0.25, -0.2) is 0 Å². The monoisotopic (exact) mass is 145 g/mol. The summed E-state index contributed by atoms with van der Waals surface area (Å²) < 4.78 is 5.08. The van der Waals surface area contributed by atoms with E-state index < -0.39 is 0 Å². The average molecular weight is 145 g/mol. The molecule has 0 rings (SSSR count). The lowest BCUT2D eigenvalue weighted by Gasteiger charge is -2.22. The molecule has 0 N–H and O–H groups in total. The first-order valence-corrected chi connectivity index (χ1v) is 3.87. The van der Waals surface area contributed by atoms with Gasteiger partial charge in [-0.05, 0) is 20.5 Å². The summed E-state index contributed by atoms with van der Waals surface area (Å²) in [7, 11) is 5.95. The summed E-state index contributed by atoms with van der Waals surface area (Å²) in [5, 5.41) is 0. The van der Waals surface area contributed by atoms with Crippen LogP contribution in [0.5, 0.6) is 0 Å². The van der Waals surface area contributed by atoms with Crippen LogP contribution < -0.4 is 0 Å². The van der Waals surface area contributed by atoms with E-state index in [9.17, 15) is 0 Å². The van der Waals surface area contributed by atoms with Gasteiger partial charge in [0.1, 0.15) is 0 Å². The molecular formula is C8H19NO. The molecule has 62 valence electrons. The number of likely N-dealkylation sites (N-methyl/N-ethyl adjacent to an activating group) is 1. The van der Waals surface area contributed by atoms with Crippen LogP contribution >= 0.6 is 0 Å². The molecule has 0 aromatic heterocycles. The molecule has 0 unspecified atom stereocenters. The van der Waals surface area contributed by atoms with E-state index in [2.05, 4.69) is 25.9 Å². The minimum absolute atomic E-state index is 0.593. The average Bonchev–Trinajstić information content (AvgIpc) is 1.87. The van der Waals surface area contributed by atoms with Crippen molar-refractivity contribution in [2.45, 2.75) is 25.8 Å². The molecule has 1 atom stereocenters. The zero-order valence-electron chi connectivity index (χ0n) is 7.55. The Morgan fingerprint density at radius 1 is 1.40 bits per heavy atom. The van der Waals surface area contributed by atoms with Gasteiger partial charge in [0.15, 0.2) is 0 Å². The summed E-state index contributed by atoms with van der Waals surface area (Å²) in [5.41, 5.74) is 0. The van der Waals surface area contributed by atoms with Gasteiger partial charge < -0.3 is 9.64 Å². The Balaban J connectivity index is 3.50. The van der Waals surface area contributed by atoms with E-state index in [1.807, 2.05) is 0 Å². The van der Waals surface area contributed by atoms with E-state index in [1.165, 1.54) is 12.8 Å². The van der Waals surface area contributed by atoms with Gasteiger partial charge in [-0.15, -0.1) is 0 Å². The number of ether oxygens (including phenoxy) is 1. The van der Waals surface area contributed by atoms with Crippen molar-refractivity contribution in [3.8, 4) is 0 Å². The standard InChI is InChI=1S/C8H19NO/c1-5-6-8(7-10-4)9(2)3/h8H,5-7H2,1-4H3/t8-/m0/s1. The molecule has 0 aliphatic carbocycles. The van der Waals surface area contributed by atoms with Crippen LogP contribution in [0.15, 0.2) is 0 Å². The molecule has 0 saturated carbocycles. The van der Waals surface area contributed by atoms with Crippen LogP contribution in [-0.4, -0.2) is 38.8 Å². The highest BCUT2D eigenvalue weighted by molar-refractivity contribution is 4.63. The maximum atomic E-state index is 5.08. The Bertz CT molecular complexity index is 67.7. The third-order valence-corrected chi connectivity index (χ3v) is 1.71. The van der Waals surface area contributed by atoms with Gasteiger partial charge in [-0.2, -0.15) is 0 Å². The van der Waals surface area contributed by atoms with Crippen LogP contribution in [0.25, 0.3) is 0 Å². The first kappa shape index (κ1) is 9.92. The molecule has 0 aromatic rings. The van der Waals surface area contributed by atoms with Crippen LogP contribution in [0.1, 0.15) is 19.8 Å². The third-order valence-electron chi connectivity index (χ3n) is 1.71. The van der Waals surface area contributed by atoms with E-state index in [-0.39, 0.29) is 0 Å². The highest BCUT2D eigenvalue weighted by Crippen LogP contribution is 2.02. The fourth-order valence-electron chi connectivity index (χ4n) is 1.02. The second kappa shape index (κ2) is 5.69. The van der Waals surface area contributed by atoms with Gasteiger partial charge in [-0.3, -0.25) is 0 Å². The van der Waals surface area contributed by atoms with Crippen molar-refractivity contribution in [1.82, 2.24) is 4.90 Å². The Morgan fingerprint density at radius 3 is 2.30 bits per heavy atom. The molecule has 0 spiro atoms. The summed E-state index contributed by atoms with van der Waals surface area (Å²) in [4.78, 5) is 2.22. The lowest BCUT2D eigenvalue weighted by molar-refractivity contribution is 0.115. The molecule has 2 nitrogen and oxygen atoms in total. The number of methoxy groups -OCH3 is 1. The number of rotatable bonds is 5. The molecule has 0 aliphatic heterocycles. The summed E-state index contributed by atoms with van der Waals surface area (Å²) in [6.07, 6.45) is 2.45. The molecule has 0 heterocycles. The molecule has 0 bridgehead atoms. The molecule has 0 fully saturated rings. The fourth-order valence-corrected chi connectivity index (χ4v) is 1.02. The minimum atomic E-state index is 0.593. The third kappa shape index (κ3) is 3.85. The predicted octanol–water partition coefficient (Wildman–Crippen LogP) is 1.36. The zero-order valence-corrected chi connectivity index (χ0v) is 7.55. The summed E-state index contributed by atoms with van der Waals surface area (Å²) >= 11 is 0. The number of hydrogen-bond donors (Lipinski definition) is 0. The summed E-state index contributed by atoms with van der Waals surface area (Å²) in [6, 6.07) is 0.593. The fraction of sp³-hybridized carbons (Fsp3) is 1.00. The Kier molecular flexibility index (Phi) is 5.64. The van der Waals surface area contributed by atoms with E-state index in [0.717, 1.165) is 6.61 Å². The highest BCUT2D eigenvalue weighted by atomic mass is 16.5. The Morgan fingerprint density at radius 2 is 2.00 bits per heavy atom. The van der Waals surface area contributed by atoms with Crippen molar-refractivity contribution in [1.29, 1.82) is 0 Å². The van der Waals surface area contributed by atoms with Crippen LogP contribution in [0.3, 0.4) is 0 Å². The highest BCUT2D eigenvalue weighted by Gasteiger charge is 2.08. The first-order chi connectivity index (χ1) is 4.72. The minimum Gasteiger partial charge on any atom is -0.383 e. The normalized spacial score (nSPS) is 14.1. The molecule has 0 aliphatic rings.